The Morgan fingerprint density at radius 1 is 1.19 bits per heavy atom. The van der Waals surface area contributed by atoms with E-state index in [1.807, 2.05) is 31.5 Å². The number of carbonyl (C=O) groups is 1. The highest BCUT2D eigenvalue weighted by atomic mass is 35.5. The molecule has 2 unspecified atom stereocenters. The van der Waals surface area contributed by atoms with Gasteiger partial charge in [0.1, 0.15) is 17.6 Å². The number of hydrogen-bond donors (Lipinski definition) is 0. The van der Waals surface area contributed by atoms with Crippen LogP contribution in [0.4, 0.5) is 5.69 Å². The molecule has 3 saturated carbocycles. The minimum atomic E-state index is -0.189. The summed E-state index contributed by atoms with van der Waals surface area (Å²) in [5, 5.41) is 16.8. The number of nitriles is 1. The third-order valence-corrected chi connectivity index (χ3v) is 11.1. The van der Waals surface area contributed by atoms with Crippen LogP contribution in [0.3, 0.4) is 0 Å². The zero-order chi connectivity index (χ0) is 33.4. The normalized spacial score (nSPS) is 26.5. The summed E-state index contributed by atoms with van der Waals surface area (Å²) >= 11 is 5.97. The first-order chi connectivity index (χ1) is 23.1. The Balaban J connectivity index is 1.15. The highest BCUT2D eigenvalue weighted by Crippen LogP contribution is 2.66. The van der Waals surface area contributed by atoms with Gasteiger partial charge in [-0.2, -0.15) is 10.4 Å². The SMILES string of the molecule is COC12CC(N3CCC(n4ncc5c(-c6ccc7c(c6)OCC(=O)N7Cc6ncc(Cl)cn6)c(C#N)c(CC(C)C)nc54)C(C)C3)(C1)C2. The third kappa shape index (κ3) is 4.96. The van der Waals surface area contributed by atoms with Crippen molar-refractivity contribution in [1.82, 2.24) is 29.6 Å². The van der Waals surface area contributed by atoms with E-state index in [1.165, 1.54) is 12.4 Å². The van der Waals surface area contributed by atoms with E-state index in [9.17, 15) is 10.1 Å². The lowest BCUT2D eigenvalue weighted by atomic mass is 9.45. The Morgan fingerprint density at radius 2 is 1.96 bits per heavy atom. The second-order valence-electron chi connectivity index (χ2n) is 14.5. The molecular weight excluding hydrogens is 628 g/mol. The number of fused-ring (bicyclic) bond motifs is 2. The quantitative estimate of drug-likeness (QED) is 0.232. The summed E-state index contributed by atoms with van der Waals surface area (Å²) in [6, 6.07) is 8.42. The molecule has 3 aliphatic carbocycles. The van der Waals surface area contributed by atoms with Gasteiger partial charge in [-0.15, -0.1) is 0 Å². The van der Waals surface area contributed by atoms with Crippen molar-refractivity contribution in [2.24, 2.45) is 11.8 Å². The number of anilines is 1. The van der Waals surface area contributed by atoms with Crippen molar-refractivity contribution in [3.8, 4) is 22.9 Å². The van der Waals surface area contributed by atoms with Crippen molar-refractivity contribution < 1.29 is 14.3 Å². The summed E-state index contributed by atoms with van der Waals surface area (Å²) < 4.78 is 13.9. The molecule has 0 spiro atoms. The number of halogens is 1. The zero-order valence-electron chi connectivity index (χ0n) is 27.7. The van der Waals surface area contributed by atoms with Crippen LogP contribution >= 0.6 is 11.6 Å². The van der Waals surface area contributed by atoms with Crippen LogP contribution in [0, 0.1) is 23.2 Å². The van der Waals surface area contributed by atoms with Gasteiger partial charge in [0.2, 0.25) is 0 Å². The predicted octanol–water partition coefficient (Wildman–Crippen LogP) is 5.74. The molecule has 0 radical (unpaired) electrons. The molecule has 248 valence electrons. The number of carbonyl (C=O) groups excluding carboxylic acids is 1. The zero-order valence-corrected chi connectivity index (χ0v) is 28.5. The molecule has 2 aliphatic heterocycles. The molecule has 2 atom stereocenters. The average molecular weight is 667 g/mol. The van der Waals surface area contributed by atoms with E-state index in [0.29, 0.717) is 51.6 Å². The van der Waals surface area contributed by atoms with E-state index in [2.05, 4.69) is 46.4 Å². The molecule has 11 nitrogen and oxygen atoms in total. The summed E-state index contributed by atoms with van der Waals surface area (Å²) in [7, 11) is 1.85. The van der Waals surface area contributed by atoms with Crippen LogP contribution in [0.1, 0.15) is 69.6 Å². The second kappa shape index (κ2) is 11.5. The summed E-state index contributed by atoms with van der Waals surface area (Å²) in [6.07, 6.45) is 9.99. The summed E-state index contributed by atoms with van der Waals surface area (Å²) in [6.45, 7) is 8.73. The lowest BCUT2D eigenvalue weighted by Crippen LogP contribution is -2.80. The molecule has 1 saturated heterocycles. The van der Waals surface area contributed by atoms with Gasteiger partial charge in [0.15, 0.2) is 12.3 Å². The minimum Gasteiger partial charge on any atom is -0.482 e. The highest BCUT2D eigenvalue weighted by molar-refractivity contribution is 6.30. The van der Waals surface area contributed by atoms with E-state index in [-0.39, 0.29) is 30.7 Å². The first-order valence-electron chi connectivity index (χ1n) is 16.8. The van der Waals surface area contributed by atoms with Crippen molar-refractivity contribution in [2.75, 3.05) is 31.7 Å². The molecule has 4 aromatic rings. The number of pyridine rings is 1. The van der Waals surface area contributed by atoms with E-state index in [0.717, 1.165) is 66.6 Å². The van der Waals surface area contributed by atoms with Crippen LogP contribution in [-0.4, -0.2) is 73.5 Å². The van der Waals surface area contributed by atoms with Gasteiger partial charge in [0.05, 0.1) is 46.4 Å². The maximum absolute atomic E-state index is 13.0. The Hall–Kier alpha value is -4.11. The van der Waals surface area contributed by atoms with E-state index >= 15 is 0 Å². The van der Waals surface area contributed by atoms with Gasteiger partial charge in [-0.3, -0.25) is 14.6 Å². The molecule has 3 aromatic heterocycles. The molecule has 0 N–H and O–H groups in total. The Kier molecular flexibility index (Phi) is 7.47. The molecule has 9 rings (SSSR count). The topological polar surface area (TPSA) is 122 Å². The van der Waals surface area contributed by atoms with Gasteiger partial charge in [0, 0.05) is 49.1 Å². The fourth-order valence-corrected chi connectivity index (χ4v) is 8.62. The van der Waals surface area contributed by atoms with Gasteiger partial charge in [-0.25, -0.2) is 19.6 Å². The fourth-order valence-electron chi connectivity index (χ4n) is 8.52. The van der Waals surface area contributed by atoms with Gasteiger partial charge in [-0.1, -0.05) is 38.4 Å². The van der Waals surface area contributed by atoms with Gasteiger partial charge in [-0.05, 0) is 61.6 Å². The number of hydrogen-bond acceptors (Lipinski definition) is 9. The third-order valence-electron chi connectivity index (χ3n) is 10.9. The molecular formula is C36H39ClN8O3. The molecule has 1 amide bonds. The van der Waals surface area contributed by atoms with Crippen LogP contribution in [-0.2, 0) is 22.5 Å². The van der Waals surface area contributed by atoms with E-state index in [1.54, 1.807) is 4.90 Å². The number of amides is 1. The van der Waals surface area contributed by atoms with Crippen LogP contribution in [0.15, 0.2) is 36.8 Å². The van der Waals surface area contributed by atoms with Gasteiger partial charge >= 0.3 is 0 Å². The van der Waals surface area contributed by atoms with Gasteiger partial charge < -0.3 is 9.47 Å². The highest BCUT2D eigenvalue weighted by Gasteiger charge is 2.71. The Bertz CT molecular complexity index is 1950. The molecule has 1 aromatic carbocycles. The molecule has 2 bridgehead atoms. The van der Waals surface area contributed by atoms with Crippen molar-refractivity contribution >= 4 is 34.2 Å². The lowest BCUT2D eigenvalue weighted by Gasteiger charge is -2.73. The van der Waals surface area contributed by atoms with E-state index < -0.39 is 0 Å². The minimum absolute atomic E-state index is 0.109. The molecule has 5 aliphatic rings. The largest absolute Gasteiger partial charge is 0.482 e. The number of likely N-dealkylation sites (tertiary alicyclic amines) is 1. The Labute approximate surface area is 284 Å². The summed E-state index contributed by atoms with van der Waals surface area (Å²) in [4.78, 5) is 31.0. The standard InChI is InChI=1S/C36H39ClN8O3/c1-21(2)9-27-25(11-38)33(23-5-6-29-30(10-23)48-17-32(46)44(29)16-31-39-12-24(37)13-40-31)26-14-41-45(34(26)42-27)28-7-8-43(15-22(28)3)35-18-36(19-35,20-35)47-4/h5-6,10,12-14,21-22,28H,7-9,15-20H2,1-4H3. The second-order valence-corrected chi connectivity index (χ2v) is 15.0. The Morgan fingerprint density at radius 3 is 2.65 bits per heavy atom. The molecule has 12 heteroatoms. The number of rotatable bonds is 8. The maximum atomic E-state index is 13.0. The lowest BCUT2D eigenvalue weighted by molar-refractivity contribution is -0.284. The number of benzene rings is 1. The van der Waals surface area contributed by atoms with Crippen LogP contribution in [0.5, 0.6) is 5.75 Å². The maximum Gasteiger partial charge on any atom is 0.265 e. The molecule has 4 fully saturated rings. The number of piperidine rings is 1. The van der Waals surface area contributed by atoms with Gasteiger partial charge in [0.25, 0.3) is 5.91 Å². The number of aromatic nitrogens is 5. The fraction of sp³-hybridized carbons (Fsp3) is 0.500. The first kappa shape index (κ1) is 31.2. The van der Waals surface area contributed by atoms with Crippen LogP contribution in [0.2, 0.25) is 5.02 Å². The van der Waals surface area contributed by atoms with Crippen molar-refractivity contribution in [1.29, 1.82) is 5.26 Å². The van der Waals surface area contributed by atoms with Crippen molar-refractivity contribution in [3.63, 3.8) is 0 Å². The number of nitrogens with zero attached hydrogens (tertiary/aromatic N) is 8. The summed E-state index contributed by atoms with van der Waals surface area (Å²) in [5.74, 6) is 1.52. The van der Waals surface area contributed by atoms with Crippen molar-refractivity contribution in [2.45, 2.75) is 76.6 Å². The van der Waals surface area contributed by atoms with Crippen molar-refractivity contribution in [3.05, 3.63) is 58.9 Å². The average Bonchev–Trinajstić information content (AvgIpc) is 3.44. The van der Waals surface area contributed by atoms with E-state index in [4.69, 9.17) is 31.2 Å². The molecule has 48 heavy (non-hydrogen) atoms. The summed E-state index contributed by atoms with van der Waals surface area (Å²) in [5.41, 5.74) is 4.81. The monoisotopic (exact) mass is 666 g/mol. The first-order valence-corrected chi connectivity index (χ1v) is 17.1. The smallest absolute Gasteiger partial charge is 0.265 e. The molecule has 5 heterocycles. The van der Waals surface area contributed by atoms with Crippen LogP contribution in [0.25, 0.3) is 22.2 Å². The number of methoxy groups -OCH3 is 1. The number of ether oxygens (including phenoxy) is 2. The van der Waals surface area contributed by atoms with Crippen LogP contribution < -0.4 is 9.64 Å². The predicted molar refractivity (Wildman–Crippen MR) is 181 cm³/mol.